The molecule has 0 aliphatic rings. The lowest BCUT2D eigenvalue weighted by molar-refractivity contribution is 0.309. The molecule has 0 spiro atoms. The van der Waals surface area contributed by atoms with Crippen LogP contribution in [0.4, 0.5) is 0 Å². The number of hydrogen-bond donors (Lipinski definition) is 0. The van der Waals surface area contributed by atoms with Gasteiger partial charge >= 0.3 is 0 Å². The molecule has 4 rings (SSSR count). The summed E-state index contributed by atoms with van der Waals surface area (Å²) in [5.41, 5.74) is 0.282. The largest absolute Gasteiger partial charge is 0.493 e. The monoisotopic (exact) mass is 360 g/mol. The molecule has 0 aliphatic heterocycles. The Morgan fingerprint density at radius 2 is 1.74 bits per heavy atom. The summed E-state index contributed by atoms with van der Waals surface area (Å²) in [4.78, 5) is 12.7. The van der Waals surface area contributed by atoms with Crippen LogP contribution in [-0.4, -0.2) is 6.61 Å². The van der Waals surface area contributed by atoms with Gasteiger partial charge in [0.25, 0.3) is 0 Å². The molecule has 0 atom stereocenters. The quantitative estimate of drug-likeness (QED) is 0.401. The van der Waals surface area contributed by atoms with Gasteiger partial charge in [-0.15, -0.1) is 0 Å². The Hall–Kier alpha value is -3.27. The molecule has 0 amide bonds. The van der Waals surface area contributed by atoms with Gasteiger partial charge in [-0.05, 0) is 41.5 Å². The summed E-state index contributed by atoms with van der Waals surface area (Å²) in [7, 11) is 0. The van der Waals surface area contributed by atoms with E-state index < -0.39 is 0 Å². The van der Waals surface area contributed by atoms with E-state index in [0.29, 0.717) is 29.1 Å². The summed E-state index contributed by atoms with van der Waals surface area (Å²) in [5, 5.41) is 2.64. The van der Waals surface area contributed by atoms with Crippen LogP contribution in [-0.2, 0) is 0 Å². The van der Waals surface area contributed by atoms with Gasteiger partial charge in [0, 0.05) is 6.07 Å². The van der Waals surface area contributed by atoms with Gasteiger partial charge in [-0.1, -0.05) is 43.7 Å². The Kier molecular flexibility index (Phi) is 4.79. The third-order valence-corrected chi connectivity index (χ3v) is 4.43. The second kappa shape index (κ2) is 7.54. The molecular weight excluding hydrogens is 340 g/mol. The first kappa shape index (κ1) is 17.2. The van der Waals surface area contributed by atoms with E-state index in [-0.39, 0.29) is 11.2 Å². The van der Waals surface area contributed by atoms with E-state index in [4.69, 9.17) is 13.9 Å². The highest BCUT2D eigenvalue weighted by Gasteiger charge is 2.10. The zero-order valence-corrected chi connectivity index (χ0v) is 15.1. The zero-order chi connectivity index (χ0) is 18.6. The molecule has 0 saturated carbocycles. The van der Waals surface area contributed by atoms with E-state index in [0.717, 1.165) is 23.6 Å². The molecule has 0 unspecified atom stereocenters. The van der Waals surface area contributed by atoms with Crippen LogP contribution in [0.2, 0.25) is 0 Å². The molecule has 0 bridgehead atoms. The van der Waals surface area contributed by atoms with Crippen molar-refractivity contribution in [3.63, 3.8) is 0 Å². The topological polar surface area (TPSA) is 48.7 Å². The minimum absolute atomic E-state index is 0.164. The minimum atomic E-state index is -0.204. The van der Waals surface area contributed by atoms with E-state index in [2.05, 4.69) is 6.92 Å². The van der Waals surface area contributed by atoms with Gasteiger partial charge in [0.1, 0.15) is 23.3 Å². The van der Waals surface area contributed by atoms with Crippen molar-refractivity contribution < 1.29 is 13.9 Å². The van der Waals surface area contributed by atoms with Crippen molar-refractivity contribution in [2.24, 2.45) is 0 Å². The van der Waals surface area contributed by atoms with E-state index in [9.17, 15) is 4.79 Å². The summed E-state index contributed by atoms with van der Waals surface area (Å²) in [5.74, 6) is 1.46. The Balaban J connectivity index is 1.62. The molecule has 4 aromatic rings. The fourth-order valence-electron chi connectivity index (χ4n) is 2.94. The molecule has 4 heteroatoms. The minimum Gasteiger partial charge on any atom is -0.493 e. The summed E-state index contributed by atoms with van der Waals surface area (Å²) in [6.45, 7) is 2.76. The van der Waals surface area contributed by atoms with Crippen molar-refractivity contribution in [2.45, 2.75) is 19.8 Å². The maximum atomic E-state index is 12.7. The first-order valence-corrected chi connectivity index (χ1v) is 9.09. The highest BCUT2D eigenvalue weighted by atomic mass is 16.5. The summed E-state index contributed by atoms with van der Waals surface area (Å²) in [6.07, 6.45) is 3.41. The zero-order valence-electron chi connectivity index (χ0n) is 15.1. The number of rotatable bonds is 6. The Labute approximate surface area is 157 Å². The third-order valence-electron chi connectivity index (χ3n) is 4.43. The van der Waals surface area contributed by atoms with Crippen LogP contribution in [0, 0.1) is 0 Å². The van der Waals surface area contributed by atoms with Gasteiger partial charge in [-0.25, -0.2) is 0 Å². The molecule has 0 fully saturated rings. The lowest BCUT2D eigenvalue weighted by Gasteiger charge is -2.08. The smallest absolute Gasteiger partial charge is 0.235 e. The van der Waals surface area contributed by atoms with Gasteiger partial charge < -0.3 is 13.9 Å². The van der Waals surface area contributed by atoms with E-state index in [1.54, 1.807) is 18.2 Å². The third kappa shape index (κ3) is 3.65. The molecule has 1 heterocycles. The first-order chi connectivity index (χ1) is 13.2. The molecule has 0 saturated heterocycles. The van der Waals surface area contributed by atoms with Crippen molar-refractivity contribution in [1.82, 2.24) is 0 Å². The lowest BCUT2D eigenvalue weighted by Crippen LogP contribution is -2.05. The van der Waals surface area contributed by atoms with Crippen molar-refractivity contribution in [3.05, 3.63) is 77.2 Å². The van der Waals surface area contributed by atoms with Crippen molar-refractivity contribution in [1.29, 1.82) is 0 Å². The Morgan fingerprint density at radius 1 is 0.926 bits per heavy atom. The number of benzene rings is 3. The van der Waals surface area contributed by atoms with Crippen LogP contribution in [0.1, 0.15) is 19.8 Å². The molecule has 0 radical (unpaired) electrons. The highest BCUT2D eigenvalue weighted by molar-refractivity contribution is 5.84. The maximum absolute atomic E-state index is 12.7. The number of ether oxygens (including phenoxy) is 2. The van der Waals surface area contributed by atoms with E-state index in [1.165, 1.54) is 6.26 Å². The molecule has 27 heavy (non-hydrogen) atoms. The van der Waals surface area contributed by atoms with Gasteiger partial charge in [0.05, 0.1) is 12.0 Å². The van der Waals surface area contributed by atoms with Gasteiger partial charge in [-0.3, -0.25) is 4.79 Å². The molecular formula is C23H20O4. The molecule has 4 nitrogen and oxygen atoms in total. The predicted octanol–water partition coefficient (Wildman–Crippen LogP) is 5.92. The first-order valence-electron chi connectivity index (χ1n) is 9.09. The SMILES string of the molecule is CCCCOc1ccc2c(=O)c(Oc3ccc4ccccc4c3)coc2c1. The van der Waals surface area contributed by atoms with Crippen LogP contribution in [0.3, 0.4) is 0 Å². The average Bonchev–Trinajstić information content (AvgIpc) is 2.70. The molecule has 136 valence electrons. The second-order valence-electron chi connectivity index (χ2n) is 6.40. The highest BCUT2D eigenvalue weighted by Crippen LogP contribution is 2.26. The summed E-state index contributed by atoms with van der Waals surface area (Å²) in [6, 6.07) is 19.0. The second-order valence-corrected chi connectivity index (χ2v) is 6.40. The summed E-state index contributed by atoms with van der Waals surface area (Å²) >= 11 is 0. The Morgan fingerprint density at radius 3 is 2.59 bits per heavy atom. The van der Waals surface area contributed by atoms with Crippen molar-refractivity contribution in [3.8, 4) is 17.2 Å². The molecule has 3 aromatic carbocycles. The Bertz CT molecular complexity index is 1140. The molecule has 0 aliphatic carbocycles. The number of hydrogen-bond acceptors (Lipinski definition) is 4. The van der Waals surface area contributed by atoms with Crippen LogP contribution in [0.25, 0.3) is 21.7 Å². The van der Waals surface area contributed by atoms with E-state index in [1.807, 2.05) is 42.5 Å². The van der Waals surface area contributed by atoms with Crippen LogP contribution < -0.4 is 14.9 Å². The standard InChI is InChI=1S/C23H20O4/c1-2-3-12-25-18-10-11-20-21(14-18)26-15-22(23(20)24)27-19-9-8-16-6-4-5-7-17(16)13-19/h4-11,13-15H,2-3,12H2,1H3. The summed E-state index contributed by atoms with van der Waals surface area (Å²) < 4.78 is 17.1. The van der Waals surface area contributed by atoms with Crippen LogP contribution >= 0.6 is 0 Å². The average molecular weight is 360 g/mol. The van der Waals surface area contributed by atoms with Crippen LogP contribution in [0.15, 0.2) is 76.1 Å². The molecule has 1 aromatic heterocycles. The predicted molar refractivity (Wildman–Crippen MR) is 107 cm³/mol. The fourth-order valence-corrected chi connectivity index (χ4v) is 2.94. The number of fused-ring (bicyclic) bond motifs is 2. The van der Waals surface area contributed by atoms with Gasteiger partial charge in [-0.2, -0.15) is 0 Å². The number of unbranched alkanes of at least 4 members (excludes halogenated alkanes) is 1. The van der Waals surface area contributed by atoms with Gasteiger partial charge in [0.2, 0.25) is 11.2 Å². The van der Waals surface area contributed by atoms with Gasteiger partial charge in [0.15, 0.2) is 0 Å². The van der Waals surface area contributed by atoms with Crippen molar-refractivity contribution >= 4 is 21.7 Å². The van der Waals surface area contributed by atoms with Crippen molar-refractivity contribution in [2.75, 3.05) is 6.61 Å². The fraction of sp³-hybridized carbons (Fsp3) is 0.174. The maximum Gasteiger partial charge on any atom is 0.235 e. The van der Waals surface area contributed by atoms with E-state index >= 15 is 0 Å². The van der Waals surface area contributed by atoms with Crippen LogP contribution in [0.5, 0.6) is 17.2 Å². The molecule has 0 N–H and O–H groups in total. The normalized spacial score (nSPS) is 11.0. The lowest BCUT2D eigenvalue weighted by atomic mass is 10.1.